The van der Waals surface area contributed by atoms with Crippen molar-refractivity contribution in [2.75, 3.05) is 20.2 Å². The standard InChI is InChI=1S/C25H27N3O4/c1-3-28-13-12-21-19(15-28)23(18-6-4-5-7-20(18)26-21)24(30)27-22(25(31)32-2)14-16-8-10-17(29)11-9-16/h4-11,22,29H,3,12-15H2,1-2H3,(H,27,30). The van der Waals surface area contributed by atoms with Crippen LogP contribution in [0.2, 0.25) is 0 Å². The number of hydrogen-bond acceptors (Lipinski definition) is 6. The number of phenolic OH excluding ortho intramolecular Hbond substituents is 1. The molecule has 1 aliphatic rings. The first-order valence-electron chi connectivity index (χ1n) is 10.8. The Labute approximate surface area is 187 Å². The molecule has 0 radical (unpaired) electrons. The number of pyridine rings is 1. The molecule has 0 saturated carbocycles. The van der Waals surface area contributed by atoms with Gasteiger partial charge in [0.25, 0.3) is 5.91 Å². The highest BCUT2D eigenvalue weighted by molar-refractivity contribution is 6.08. The predicted molar refractivity (Wildman–Crippen MR) is 121 cm³/mol. The van der Waals surface area contributed by atoms with Crippen LogP contribution < -0.4 is 5.32 Å². The fraction of sp³-hybridized carbons (Fsp3) is 0.320. The van der Waals surface area contributed by atoms with E-state index in [1.54, 1.807) is 24.3 Å². The van der Waals surface area contributed by atoms with Gasteiger partial charge in [-0.1, -0.05) is 37.3 Å². The average Bonchev–Trinajstić information content (AvgIpc) is 2.82. The van der Waals surface area contributed by atoms with Crippen molar-refractivity contribution in [3.8, 4) is 5.75 Å². The number of fused-ring (bicyclic) bond motifs is 2. The van der Waals surface area contributed by atoms with Gasteiger partial charge in [-0.3, -0.25) is 14.7 Å². The highest BCUT2D eigenvalue weighted by Crippen LogP contribution is 2.28. The highest BCUT2D eigenvalue weighted by atomic mass is 16.5. The Morgan fingerprint density at radius 2 is 1.94 bits per heavy atom. The molecule has 0 bridgehead atoms. The van der Waals surface area contributed by atoms with Gasteiger partial charge in [0.1, 0.15) is 11.8 Å². The van der Waals surface area contributed by atoms with E-state index in [0.717, 1.165) is 47.2 Å². The van der Waals surface area contributed by atoms with Gasteiger partial charge in [-0.15, -0.1) is 0 Å². The van der Waals surface area contributed by atoms with Crippen molar-refractivity contribution in [3.63, 3.8) is 0 Å². The van der Waals surface area contributed by atoms with Gasteiger partial charge >= 0.3 is 5.97 Å². The van der Waals surface area contributed by atoms with Crippen molar-refractivity contribution in [1.29, 1.82) is 0 Å². The zero-order valence-electron chi connectivity index (χ0n) is 18.3. The number of hydrogen-bond donors (Lipinski definition) is 2. The third-order valence-electron chi connectivity index (χ3n) is 5.97. The first-order valence-corrected chi connectivity index (χ1v) is 10.8. The van der Waals surface area contributed by atoms with E-state index >= 15 is 0 Å². The fourth-order valence-corrected chi connectivity index (χ4v) is 4.21. The zero-order valence-corrected chi connectivity index (χ0v) is 18.3. The number of phenols is 1. The van der Waals surface area contributed by atoms with Crippen molar-refractivity contribution in [2.24, 2.45) is 0 Å². The molecule has 7 nitrogen and oxygen atoms in total. The van der Waals surface area contributed by atoms with Gasteiger partial charge in [0, 0.05) is 42.6 Å². The van der Waals surface area contributed by atoms with Gasteiger partial charge in [0.2, 0.25) is 0 Å². The number of methoxy groups -OCH3 is 1. The maximum absolute atomic E-state index is 13.6. The van der Waals surface area contributed by atoms with E-state index in [1.165, 1.54) is 7.11 Å². The predicted octanol–water partition coefficient (Wildman–Crippen LogP) is 2.83. The Bertz CT molecular complexity index is 1140. The summed E-state index contributed by atoms with van der Waals surface area (Å²) >= 11 is 0. The van der Waals surface area contributed by atoms with E-state index in [9.17, 15) is 14.7 Å². The summed E-state index contributed by atoms with van der Waals surface area (Å²) in [6.45, 7) is 4.54. The van der Waals surface area contributed by atoms with Crippen LogP contribution in [0.15, 0.2) is 48.5 Å². The van der Waals surface area contributed by atoms with Crippen molar-refractivity contribution < 1.29 is 19.4 Å². The van der Waals surface area contributed by atoms with Crippen LogP contribution in [0.4, 0.5) is 0 Å². The molecule has 1 atom stereocenters. The summed E-state index contributed by atoms with van der Waals surface area (Å²) in [6.07, 6.45) is 1.03. The monoisotopic (exact) mass is 433 g/mol. The molecule has 2 N–H and O–H groups in total. The van der Waals surface area contributed by atoms with Gasteiger partial charge in [0.15, 0.2) is 0 Å². The summed E-state index contributed by atoms with van der Waals surface area (Å²) in [5.41, 5.74) is 4.00. The maximum Gasteiger partial charge on any atom is 0.328 e. The average molecular weight is 434 g/mol. The summed E-state index contributed by atoms with van der Waals surface area (Å²) < 4.78 is 4.96. The quantitative estimate of drug-likeness (QED) is 0.581. The number of esters is 1. The van der Waals surface area contributed by atoms with E-state index < -0.39 is 12.0 Å². The number of carbonyl (C=O) groups is 2. The van der Waals surface area contributed by atoms with E-state index in [2.05, 4.69) is 17.1 Å². The minimum Gasteiger partial charge on any atom is -0.508 e. The second kappa shape index (κ2) is 9.36. The summed E-state index contributed by atoms with van der Waals surface area (Å²) in [6, 6.07) is 13.3. The molecule has 0 aliphatic carbocycles. The van der Waals surface area contributed by atoms with Gasteiger partial charge in [-0.25, -0.2) is 4.79 Å². The number of carbonyl (C=O) groups excluding carboxylic acids is 2. The van der Waals surface area contributed by atoms with Gasteiger partial charge in [-0.05, 0) is 30.3 Å². The SMILES string of the molecule is CCN1CCc2nc3ccccc3c(C(=O)NC(Cc3ccc(O)cc3)C(=O)OC)c2C1. The number of benzene rings is 2. The lowest BCUT2D eigenvalue weighted by atomic mass is 9.94. The van der Waals surface area contributed by atoms with Gasteiger partial charge < -0.3 is 15.2 Å². The minimum absolute atomic E-state index is 0.141. The molecular formula is C25H27N3O4. The Balaban J connectivity index is 1.71. The van der Waals surface area contributed by atoms with Crippen LogP contribution in [-0.4, -0.2) is 53.1 Å². The third kappa shape index (κ3) is 4.43. The second-order valence-electron chi connectivity index (χ2n) is 7.97. The molecule has 0 saturated heterocycles. The number of rotatable bonds is 6. The van der Waals surface area contributed by atoms with E-state index in [4.69, 9.17) is 9.72 Å². The molecule has 0 spiro atoms. The Hall–Kier alpha value is -3.45. The lowest BCUT2D eigenvalue weighted by Crippen LogP contribution is -2.44. The van der Waals surface area contributed by atoms with E-state index in [-0.39, 0.29) is 18.1 Å². The normalized spacial score (nSPS) is 14.6. The maximum atomic E-state index is 13.6. The van der Waals surface area contributed by atoms with Crippen molar-refractivity contribution in [1.82, 2.24) is 15.2 Å². The second-order valence-corrected chi connectivity index (χ2v) is 7.97. The molecule has 166 valence electrons. The Kier molecular flexibility index (Phi) is 6.37. The van der Waals surface area contributed by atoms with E-state index in [1.807, 2.05) is 24.3 Å². The topological polar surface area (TPSA) is 91.8 Å². The molecular weight excluding hydrogens is 406 g/mol. The first kappa shape index (κ1) is 21.8. The Morgan fingerprint density at radius 1 is 1.19 bits per heavy atom. The molecule has 4 rings (SSSR count). The van der Waals surface area contributed by atoms with E-state index in [0.29, 0.717) is 12.1 Å². The van der Waals surface area contributed by atoms with Crippen LogP contribution >= 0.6 is 0 Å². The van der Waals surface area contributed by atoms with Crippen LogP contribution in [0.1, 0.15) is 34.1 Å². The molecule has 1 amide bonds. The largest absolute Gasteiger partial charge is 0.508 e. The third-order valence-corrected chi connectivity index (χ3v) is 5.97. The fourth-order valence-electron chi connectivity index (χ4n) is 4.21. The molecule has 3 aromatic rings. The molecule has 32 heavy (non-hydrogen) atoms. The van der Waals surface area contributed by atoms with Crippen LogP contribution in [-0.2, 0) is 28.9 Å². The van der Waals surface area contributed by atoms with Crippen LogP contribution in [0, 0.1) is 0 Å². The summed E-state index contributed by atoms with van der Waals surface area (Å²) in [7, 11) is 1.31. The molecule has 1 unspecified atom stereocenters. The number of amides is 1. The van der Waals surface area contributed by atoms with Crippen LogP contribution in [0.25, 0.3) is 10.9 Å². The minimum atomic E-state index is -0.856. The molecule has 0 fully saturated rings. The highest BCUT2D eigenvalue weighted by Gasteiger charge is 2.28. The van der Waals surface area contributed by atoms with Crippen LogP contribution in [0.5, 0.6) is 5.75 Å². The summed E-state index contributed by atoms with van der Waals surface area (Å²) in [4.78, 5) is 33.2. The number of para-hydroxylation sites is 1. The zero-order chi connectivity index (χ0) is 22.7. The number of nitrogens with one attached hydrogen (secondary N) is 1. The summed E-state index contributed by atoms with van der Waals surface area (Å²) in [5, 5.41) is 13.2. The van der Waals surface area contributed by atoms with Crippen molar-refractivity contribution in [3.05, 3.63) is 70.9 Å². The molecule has 7 heteroatoms. The number of ether oxygens (including phenoxy) is 1. The molecule has 2 aromatic carbocycles. The smallest absolute Gasteiger partial charge is 0.328 e. The number of nitrogens with zero attached hydrogens (tertiary/aromatic N) is 2. The summed E-state index contributed by atoms with van der Waals surface area (Å²) in [5.74, 6) is -0.691. The van der Waals surface area contributed by atoms with Crippen LogP contribution in [0.3, 0.4) is 0 Å². The number of aromatic hydroxyl groups is 1. The number of aromatic nitrogens is 1. The van der Waals surface area contributed by atoms with Gasteiger partial charge in [-0.2, -0.15) is 0 Å². The van der Waals surface area contributed by atoms with Gasteiger partial charge in [0.05, 0.1) is 18.2 Å². The lowest BCUT2D eigenvalue weighted by molar-refractivity contribution is -0.142. The Morgan fingerprint density at radius 3 is 2.66 bits per heavy atom. The van der Waals surface area contributed by atoms with Crippen molar-refractivity contribution in [2.45, 2.75) is 32.4 Å². The first-order chi connectivity index (χ1) is 15.5. The molecule has 1 aromatic heterocycles. The lowest BCUT2D eigenvalue weighted by Gasteiger charge is -2.29. The number of likely N-dealkylation sites (N-methyl/N-ethyl adjacent to an activating group) is 1. The molecule has 2 heterocycles. The van der Waals surface area contributed by atoms with Crippen molar-refractivity contribution >= 4 is 22.8 Å². The molecule has 1 aliphatic heterocycles.